The maximum Gasteiger partial charge on any atom is 0.422 e. The van der Waals surface area contributed by atoms with Gasteiger partial charge in [0.05, 0.1) is 52.9 Å². The van der Waals surface area contributed by atoms with Gasteiger partial charge in [0.15, 0.2) is 16.9 Å². The number of Topliss-reactive ketones (excluding diaryl/α,β-unsaturated/α-hetero) is 1. The first-order valence-corrected chi connectivity index (χ1v) is 30.7. The number of aryl methyl sites for hydroxylation is 1. The van der Waals surface area contributed by atoms with Crippen LogP contribution in [0.3, 0.4) is 0 Å². The summed E-state index contributed by atoms with van der Waals surface area (Å²) in [5, 5.41) is 16.3. The molecule has 0 radical (unpaired) electrons. The van der Waals surface area contributed by atoms with Crippen molar-refractivity contribution >= 4 is 82.1 Å². The molecule has 0 saturated carbocycles. The summed E-state index contributed by atoms with van der Waals surface area (Å²) in [6.45, 7) is -0.214. The van der Waals surface area contributed by atoms with Gasteiger partial charge in [-0.05, 0) is 127 Å². The molecule has 0 bridgehead atoms. The third kappa shape index (κ3) is 12.7. The lowest BCUT2D eigenvalue weighted by Gasteiger charge is -2.20. The van der Waals surface area contributed by atoms with Gasteiger partial charge in [0.25, 0.3) is 17.4 Å². The van der Waals surface area contributed by atoms with E-state index < -0.39 is 72.2 Å². The normalized spacial score (nSPS) is 11.6. The predicted molar refractivity (Wildman–Crippen MR) is 329 cm³/mol. The van der Waals surface area contributed by atoms with Crippen molar-refractivity contribution in [1.82, 2.24) is 25.2 Å². The van der Waals surface area contributed by atoms with E-state index in [0.29, 0.717) is 22.1 Å². The fraction of sp³-hybridized carbons (Fsp3) is 0.141. The van der Waals surface area contributed by atoms with E-state index in [2.05, 4.69) is 20.6 Å². The zero-order valence-electron chi connectivity index (χ0n) is 48.4. The van der Waals surface area contributed by atoms with Crippen LogP contribution in [0.2, 0.25) is 0 Å². The summed E-state index contributed by atoms with van der Waals surface area (Å²) in [4.78, 5) is 74.5. The van der Waals surface area contributed by atoms with E-state index >= 15 is 0 Å². The number of hydrogen-bond acceptors (Lipinski definition) is 15. The van der Waals surface area contributed by atoms with Gasteiger partial charge in [0.2, 0.25) is 20.0 Å². The van der Waals surface area contributed by atoms with Gasteiger partial charge in [0.1, 0.15) is 57.4 Å². The highest BCUT2D eigenvalue weighted by molar-refractivity contribution is 7.92. The summed E-state index contributed by atoms with van der Waals surface area (Å²) in [5.74, 6) is -4.43. The Kier molecular flexibility index (Phi) is 17.2. The van der Waals surface area contributed by atoms with E-state index in [1.807, 2.05) is 0 Å². The molecular weight excluding hydrogens is 1210 g/mol. The Morgan fingerprint density at radius 2 is 0.978 bits per heavy atom. The van der Waals surface area contributed by atoms with Crippen LogP contribution in [0.25, 0.3) is 78.2 Å². The number of rotatable bonds is 16. The van der Waals surface area contributed by atoms with Gasteiger partial charge in [-0.1, -0.05) is 24.3 Å². The highest BCUT2D eigenvalue weighted by atomic mass is 32.2. The number of pyridine rings is 2. The second-order valence-electron chi connectivity index (χ2n) is 20.5. The number of ketones is 1. The molecule has 0 saturated heterocycles. The van der Waals surface area contributed by atoms with Crippen LogP contribution in [0, 0.1) is 23.3 Å². The molecule has 26 heteroatoms. The first-order valence-electron chi connectivity index (χ1n) is 27.0. The smallest absolute Gasteiger partial charge is 0.422 e. The zero-order valence-corrected chi connectivity index (χ0v) is 50.0. The molecule has 0 unspecified atom stereocenters. The SMILES string of the molecule is CNC(=O)c1c(-c2ccc(F)cc2)oc2cc(N(C)S(C)(=O)=O)c(-c3ccc(O)c(C(=O)CCc4ccc(F)cc4)n3)cc12.CNC(=O)c1c(-c2ccc(F)cc2)oc2cc(N(C)S(C)(=O)=O)c(-c3ccc4oc(=O)n(Cc5ccc(F)cc5)c(=O)c4n3)cc12. The first-order chi connectivity index (χ1) is 42.7. The number of furan rings is 2. The van der Waals surface area contributed by atoms with Gasteiger partial charge >= 0.3 is 5.76 Å². The molecule has 0 spiro atoms. The quantitative estimate of drug-likeness (QED) is 0.0599. The second-order valence-corrected chi connectivity index (χ2v) is 24.5. The summed E-state index contributed by atoms with van der Waals surface area (Å²) in [6.07, 6.45) is 2.25. The van der Waals surface area contributed by atoms with Crippen LogP contribution < -0.4 is 30.6 Å². The molecule has 0 atom stereocenters. The number of aromatic hydroxyl groups is 1. The Hall–Kier alpha value is -10.7. The maximum atomic E-state index is 13.7. The van der Waals surface area contributed by atoms with Crippen molar-refractivity contribution in [2.24, 2.45) is 0 Å². The number of anilines is 2. The number of nitrogens with one attached hydrogen (secondary N) is 2. The number of nitrogens with zero attached hydrogens (tertiary/aromatic N) is 5. The number of benzene rings is 6. The summed E-state index contributed by atoms with van der Waals surface area (Å²) < 4.78 is 125. The van der Waals surface area contributed by atoms with E-state index in [4.69, 9.17) is 13.3 Å². The minimum Gasteiger partial charge on any atom is -0.506 e. The van der Waals surface area contributed by atoms with Crippen LogP contribution in [-0.2, 0) is 33.0 Å². The van der Waals surface area contributed by atoms with Crippen LogP contribution in [-0.4, -0.2) is 94.8 Å². The lowest BCUT2D eigenvalue weighted by atomic mass is 10.00. The topological polar surface area (TPSA) is 275 Å². The molecule has 5 heterocycles. The molecule has 11 aromatic rings. The lowest BCUT2D eigenvalue weighted by molar-refractivity contribution is 0.0956. The van der Waals surface area contributed by atoms with Crippen LogP contribution >= 0.6 is 0 Å². The third-order valence-corrected chi connectivity index (χ3v) is 17.0. The molecule has 0 aliphatic heterocycles. The average Bonchev–Trinajstić information content (AvgIpc) is 1.52. The van der Waals surface area contributed by atoms with Gasteiger partial charge in [-0.3, -0.25) is 27.8 Å². The molecule has 460 valence electrons. The van der Waals surface area contributed by atoms with E-state index in [9.17, 15) is 63.5 Å². The Bertz CT molecular complexity index is 5040. The molecule has 0 aliphatic carbocycles. The van der Waals surface area contributed by atoms with Gasteiger partial charge in [-0.15, -0.1) is 0 Å². The van der Waals surface area contributed by atoms with Crippen LogP contribution in [0.4, 0.5) is 28.9 Å². The maximum absolute atomic E-state index is 13.7. The van der Waals surface area contributed by atoms with Crippen molar-refractivity contribution in [1.29, 1.82) is 0 Å². The molecule has 0 fully saturated rings. The first kappa shape index (κ1) is 62.3. The number of halogens is 4. The summed E-state index contributed by atoms with van der Waals surface area (Å²) in [5.41, 5.74) is 2.13. The van der Waals surface area contributed by atoms with Gasteiger partial charge in [-0.25, -0.2) is 53.7 Å². The third-order valence-electron chi connectivity index (χ3n) is 14.6. The molecule has 3 N–H and O–H groups in total. The standard InChI is InChI=1S/C32H24F2N4O7S.C32H27F2N3O6S/c1-35-30(39)27-22-14-21(24(37(2)46(3,42)43)15-26(22)44-29(27)18-6-10-20(34)11-7-18)23-12-13-25-28(36-23)31(40)38(32(41)45-25)16-17-4-8-19(33)9-5-17;1-35-32(40)29-23-16-22(24-13-15-27(39)30(36-24)26(38)14-6-18-4-9-20(33)10-5-18)25(37(2)44(3,41)42)17-28(23)43-31(29)19-7-11-21(34)12-8-19/h4-15H,16H2,1-3H3,(H,35,39);4-5,7-13,15-17,39H,6,14H2,1-3H3,(H,35,40). The highest BCUT2D eigenvalue weighted by Crippen LogP contribution is 2.43. The molecule has 5 aromatic heterocycles. The number of carbonyl (C=O) groups excluding carboxylic acids is 3. The van der Waals surface area contributed by atoms with Crippen molar-refractivity contribution in [2.45, 2.75) is 19.4 Å². The van der Waals surface area contributed by atoms with Crippen molar-refractivity contribution in [3.05, 3.63) is 218 Å². The van der Waals surface area contributed by atoms with Crippen LogP contribution in [0.5, 0.6) is 5.75 Å². The van der Waals surface area contributed by atoms with Crippen molar-refractivity contribution < 1.29 is 67.1 Å². The number of aromatic nitrogens is 3. The Morgan fingerprint density at radius 3 is 1.42 bits per heavy atom. The van der Waals surface area contributed by atoms with E-state index in [1.165, 1.54) is 162 Å². The van der Waals surface area contributed by atoms with Crippen LogP contribution in [0.15, 0.2) is 168 Å². The predicted octanol–water partition coefficient (Wildman–Crippen LogP) is 10.2. The lowest BCUT2D eigenvalue weighted by Crippen LogP contribution is -2.33. The van der Waals surface area contributed by atoms with E-state index in [0.717, 1.165) is 31.3 Å². The van der Waals surface area contributed by atoms with Gasteiger partial charge in [-0.2, -0.15) is 0 Å². The number of carbonyl (C=O) groups is 3. The van der Waals surface area contributed by atoms with Crippen molar-refractivity contribution in [3.63, 3.8) is 0 Å². The summed E-state index contributed by atoms with van der Waals surface area (Å²) in [7, 11) is -2.14. The fourth-order valence-electron chi connectivity index (χ4n) is 9.80. The molecular formula is C64H51F4N7O13S2. The largest absolute Gasteiger partial charge is 0.506 e. The van der Waals surface area contributed by atoms with Crippen molar-refractivity contribution in [3.8, 4) is 50.9 Å². The minimum absolute atomic E-state index is 0.0334. The fourth-order valence-corrected chi connectivity index (χ4v) is 10.8. The summed E-state index contributed by atoms with van der Waals surface area (Å²) in [6, 6.07) is 33.0. The van der Waals surface area contributed by atoms with Crippen molar-refractivity contribution in [2.75, 3.05) is 49.3 Å². The molecule has 6 aromatic carbocycles. The second kappa shape index (κ2) is 24.8. The monoisotopic (exact) mass is 1270 g/mol. The zero-order chi connectivity index (χ0) is 64.7. The van der Waals surface area contributed by atoms with Gasteiger partial charge < -0.3 is 29.0 Å². The van der Waals surface area contributed by atoms with Crippen LogP contribution in [0.1, 0.15) is 48.8 Å². The Balaban J connectivity index is 0.000000198. The molecule has 20 nitrogen and oxygen atoms in total. The average molecular weight is 1270 g/mol. The molecule has 11 rings (SSSR count). The molecule has 2 amide bonds. The minimum atomic E-state index is -3.85. The van der Waals surface area contributed by atoms with E-state index in [-0.39, 0.29) is 115 Å². The Labute approximate surface area is 509 Å². The van der Waals surface area contributed by atoms with Gasteiger partial charge in [0, 0.05) is 79.8 Å². The number of sulfonamides is 2. The number of amides is 2. The van der Waals surface area contributed by atoms with E-state index in [1.54, 1.807) is 12.1 Å². The Morgan fingerprint density at radius 1 is 0.556 bits per heavy atom. The number of hydrogen-bond donors (Lipinski definition) is 3. The summed E-state index contributed by atoms with van der Waals surface area (Å²) >= 11 is 0. The molecule has 90 heavy (non-hydrogen) atoms. The number of fused-ring (bicyclic) bond motifs is 3. The molecule has 0 aliphatic rings. The highest BCUT2D eigenvalue weighted by Gasteiger charge is 2.30.